The standard InChI is InChI=1S/C21H21N3O/c1-16-12-23(15-21(25-16)17-7-3-2-4-8-17)13-18-14-24-10-6-5-9-20(24)19(18)11-22/h2-10,14,16,21H,12-13,15H2,1H3/t16-,21+/m1/s1. The van der Waals surface area contributed by atoms with Gasteiger partial charge in [-0.25, -0.2) is 0 Å². The van der Waals surface area contributed by atoms with Gasteiger partial charge in [-0.1, -0.05) is 36.4 Å². The largest absolute Gasteiger partial charge is 0.368 e. The van der Waals surface area contributed by atoms with Crippen LogP contribution in [0.25, 0.3) is 5.52 Å². The molecule has 1 aliphatic rings. The highest BCUT2D eigenvalue weighted by atomic mass is 16.5. The Balaban J connectivity index is 1.59. The fourth-order valence-electron chi connectivity index (χ4n) is 3.69. The first-order chi connectivity index (χ1) is 12.2. The van der Waals surface area contributed by atoms with Gasteiger partial charge in [0, 0.05) is 37.6 Å². The SMILES string of the molecule is C[C@@H]1CN(Cc2cn3ccccc3c2C#N)C[C@@H](c2ccccc2)O1. The zero-order valence-electron chi connectivity index (χ0n) is 14.3. The topological polar surface area (TPSA) is 40.7 Å². The summed E-state index contributed by atoms with van der Waals surface area (Å²) < 4.78 is 8.18. The lowest BCUT2D eigenvalue weighted by Crippen LogP contribution is -2.42. The third-order valence-electron chi connectivity index (χ3n) is 4.78. The van der Waals surface area contributed by atoms with Gasteiger partial charge in [0.25, 0.3) is 0 Å². The van der Waals surface area contributed by atoms with E-state index in [0.29, 0.717) is 0 Å². The van der Waals surface area contributed by atoms with Gasteiger partial charge in [0.15, 0.2) is 0 Å². The van der Waals surface area contributed by atoms with Crippen molar-refractivity contribution in [2.75, 3.05) is 13.1 Å². The molecule has 0 spiro atoms. The Morgan fingerprint density at radius 3 is 2.72 bits per heavy atom. The second-order valence-electron chi connectivity index (χ2n) is 6.67. The molecule has 0 unspecified atom stereocenters. The van der Waals surface area contributed by atoms with Gasteiger partial charge in [0.2, 0.25) is 0 Å². The molecule has 0 aliphatic carbocycles. The molecule has 25 heavy (non-hydrogen) atoms. The summed E-state index contributed by atoms with van der Waals surface area (Å²) in [6.07, 6.45) is 4.31. The third-order valence-corrected chi connectivity index (χ3v) is 4.78. The molecule has 3 heterocycles. The van der Waals surface area contributed by atoms with Crippen molar-refractivity contribution in [3.8, 4) is 6.07 Å². The Labute approximate surface area is 147 Å². The molecule has 2 atom stereocenters. The molecule has 1 saturated heterocycles. The van der Waals surface area contributed by atoms with Crippen LogP contribution in [0, 0.1) is 11.3 Å². The summed E-state index contributed by atoms with van der Waals surface area (Å²) in [6.45, 7) is 4.59. The number of aromatic nitrogens is 1. The number of hydrogen-bond acceptors (Lipinski definition) is 3. The Morgan fingerprint density at radius 2 is 1.92 bits per heavy atom. The van der Waals surface area contributed by atoms with E-state index in [2.05, 4.69) is 48.4 Å². The molecule has 0 saturated carbocycles. The number of pyridine rings is 1. The molecule has 1 aliphatic heterocycles. The summed E-state index contributed by atoms with van der Waals surface area (Å²) in [5.41, 5.74) is 4.04. The van der Waals surface area contributed by atoms with Crippen LogP contribution in [-0.2, 0) is 11.3 Å². The van der Waals surface area contributed by atoms with Crippen LogP contribution in [0.5, 0.6) is 0 Å². The fourth-order valence-corrected chi connectivity index (χ4v) is 3.69. The van der Waals surface area contributed by atoms with Crippen LogP contribution in [0.15, 0.2) is 60.9 Å². The smallest absolute Gasteiger partial charge is 0.102 e. The summed E-state index contributed by atoms with van der Waals surface area (Å²) in [5, 5.41) is 9.61. The lowest BCUT2D eigenvalue weighted by Gasteiger charge is -2.37. The number of ether oxygens (including phenoxy) is 1. The van der Waals surface area contributed by atoms with Crippen molar-refractivity contribution in [3.05, 3.63) is 77.6 Å². The van der Waals surface area contributed by atoms with Crippen LogP contribution >= 0.6 is 0 Å². The lowest BCUT2D eigenvalue weighted by molar-refractivity contribution is -0.0814. The van der Waals surface area contributed by atoms with Crippen LogP contribution < -0.4 is 0 Å². The summed E-state index contributed by atoms with van der Waals surface area (Å²) in [7, 11) is 0. The predicted octanol–water partition coefficient (Wildman–Crippen LogP) is 3.77. The molecule has 0 radical (unpaired) electrons. The average Bonchev–Trinajstić information content (AvgIpc) is 2.99. The zero-order chi connectivity index (χ0) is 17.2. The Hall–Kier alpha value is -2.61. The predicted molar refractivity (Wildman–Crippen MR) is 97.1 cm³/mol. The maximum Gasteiger partial charge on any atom is 0.102 e. The van der Waals surface area contributed by atoms with Crippen molar-refractivity contribution >= 4 is 5.52 Å². The first-order valence-electron chi connectivity index (χ1n) is 8.66. The molecule has 0 bridgehead atoms. The van der Waals surface area contributed by atoms with Crippen LogP contribution in [0.3, 0.4) is 0 Å². The molecular weight excluding hydrogens is 310 g/mol. The van der Waals surface area contributed by atoms with E-state index in [4.69, 9.17) is 4.74 Å². The number of morpholine rings is 1. The van der Waals surface area contributed by atoms with Gasteiger partial charge < -0.3 is 9.14 Å². The average molecular weight is 331 g/mol. The minimum Gasteiger partial charge on any atom is -0.368 e. The van der Waals surface area contributed by atoms with Crippen molar-refractivity contribution in [2.24, 2.45) is 0 Å². The van der Waals surface area contributed by atoms with E-state index in [-0.39, 0.29) is 12.2 Å². The van der Waals surface area contributed by atoms with Gasteiger partial charge in [0.1, 0.15) is 6.07 Å². The molecule has 1 fully saturated rings. The second kappa shape index (κ2) is 6.72. The van der Waals surface area contributed by atoms with Crippen molar-refractivity contribution in [2.45, 2.75) is 25.7 Å². The van der Waals surface area contributed by atoms with Crippen LogP contribution in [-0.4, -0.2) is 28.5 Å². The summed E-state index contributed by atoms with van der Waals surface area (Å²) >= 11 is 0. The number of benzene rings is 1. The minimum atomic E-state index is 0.0764. The van der Waals surface area contributed by atoms with Crippen LogP contribution in [0.1, 0.15) is 29.7 Å². The van der Waals surface area contributed by atoms with E-state index >= 15 is 0 Å². The van der Waals surface area contributed by atoms with Gasteiger partial charge in [0.05, 0.1) is 23.3 Å². The number of hydrogen-bond donors (Lipinski definition) is 0. The van der Waals surface area contributed by atoms with E-state index < -0.39 is 0 Å². The maximum atomic E-state index is 9.61. The van der Waals surface area contributed by atoms with E-state index in [9.17, 15) is 5.26 Å². The van der Waals surface area contributed by atoms with Gasteiger partial charge in [-0.3, -0.25) is 4.90 Å². The van der Waals surface area contributed by atoms with Crippen LogP contribution in [0.4, 0.5) is 0 Å². The highest BCUT2D eigenvalue weighted by Gasteiger charge is 2.27. The highest BCUT2D eigenvalue weighted by Crippen LogP contribution is 2.27. The molecular formula is C21H21N3O. The highest BCUT2D eigenvalue weighted by molar-refractivity contribution is 5.65. The number of fused-ring (bicyclic) bond motifs is 1. The van der Waals surface area contributed by atoms with Gasteiger partial charge >= 0.3 is 0 Å². The molecule has 4 rings (SSSR count). The second-order valence-corrected chi connectivity index (χ2v) is 6.67. The molecule has 1 aromatic carbocycles. The Kier molecular flexibility index (Phi) is 4.27. The first kappa shape index (κ1) is 15.9. The van der Waals surface area contributed by atoms with Crippen LogP contribution in [0.2, 0.25) is 0 Å². The molecule has 3 aromatic rings. The quantitative estimate of drug-likeness (QED) is 0.733. The monoisotopic (exact) mass is 331 g/mol. The van der Waals surface area contributed by atoms with E-state index in [0.717, 1.165) is 36.3 Å². The normalized spacial score (nSPS) is 21.3. The number of nitrogens with zero attached hydrogens (tertiary/aromatic N) is 3. The van der Waals surface area contributed by atoms with Crippen molar-refractivity contribution in [3.63, 3.8) is 0 Å². The molecule has 0 amide bonds. The molecule has 126 valence electrons. The first-order valence-corrected chi connectivity index (χ1v) is 8.66. The number of nitriles is 1. The Bertz CT molecular complexity index is 910. The summed E-state index contributed by atoms with van der Waals surface area (Å²) in [5.74, 6) is 0. The van der Waals surface area contributed by atoms with Gasteiger partial charge in [-0.2, -0.15) is 5.26 Å². The van der Waals surface area contributed by atoms with Crippen molar-refractivity contribution < 1.29 is 4.74 Å². The summed E-state index contributed by atoms with van der Waals surface area (Å²) in [4.78, 5) is 2.39. The van der Waals surface area contributed by atoms with Crippen molar-refractivity contribution in [1.29, 1.82) is 5.26 Å². The van der Waals surface area contributed by atoms with E-state index in [1.807, 2.05) is 34.9 Å². The Morgan fingerprint density at radius 1 is 1.12 bits per heavy atom. The molecule has 2 aromatic heterocycles. The van der Waals surface area contributed by atoms with Gasteiger partial charge in [-0.05, 0) is 24.6 Å². The maximum absolute atomic E-state index is 9.61. The fraction of sp³-hybridized carbons (Fsp3) is 0.286. The van der Waals surface area contributed by atoms with Crippen molar-refractivity contribution in [1.82, 2.24) is 9.30 Å². The summed E-state index contributed by atoms with van der Waals surface area (Å²) in [6, 6.07) is 18.7. The van der Waals surface area contributed by atoms with E-state index in [1.54, 1.807) is 0 Å². The van der Waals surface area contributed by atoms with Gasteiger partial charge in [-0.15, -0.1) is 0 Å². The zero-order valence-corrected chi connectivity index (χ0v) is 14.3. The number of rotatable bonds is 3. The molecule has 4 nitrogen and oxygen atoms in total. The van der Waals surface area contributed by atoms with E-state index in [1.165, 1.54) is 5.56 Å². The molecule has 0 N–H and O–H groups in total. The minimum absolute atomic E-state index is 0.0764. The lowest BCUT2D eigenvalue weighted by atomic mass is 10.1. The third kappa shape index (κ3) is 3.17. The molecule has 4 heteroatoms.